The van der Waals surface area contributed by atoms with Crippen molar-refractivity contribution in [3.05, 3.63) is 0 Å². The molecule has 2 rings (SSSR count). The summed E-state index contributed by atoms with van der Waals surface area (Å²) in [6, 6.07) is 0. The zero-order valence-corrected chi connectivity index (χ0v) is 10.5. The molecule has 1 aliphatic carbocycles. The minimum Gasteiger partial charge on any atom is -0.381 e. The molecule has 1 unspecified atom stereocenters. The highest BCUT2D eigenvalue weighted by atomic mass is 79.9. The molecule has 0 amide bonds. The predicted octanol–water partition coefficient (Wildman–Crippen LogP) is 3.76. The maximum Gasteiger partial charge on any atom is 0.0495 e. The average Bonchev–Trinajstić information content (AvgIpc) is 2.72. The first-order valence-electron chi connectivity index (χ1n) is 5.98. The SMILES string of the molecule is BrCC1(CC2CCOC2)CCCCC1. The Kier molecular flexibility index (Phi) is 3.89. The van der Waals surface area contributed by atoms with Gasteiger partial charge in [-0.3, -0.25) is 0 Å². The zero-order valence-electron chi connectivity index (χ0n) is 8.93. The van der Waals surface area contributed by atoms with Gasteiger partial charge in [-0.25, -0.2) is 0 Å². The van der Waals surface area contributed by atoms with Crippen LogP contribution in [0.25, 0.3) is 0 Å². The minimum absolute atomic E-state index is 0.622. The van der Waals surface area contributed by atoms with Gasteiger partial charge in [0.25, 0.3) is 0 Å². The van der Waals surface area contributed by atoms with E-state index in [0.717, 1.165) is 19.1 Å². The third-order valence-corrected chi connectivity index (χ3v) is 5.13. The van der Waals surface area contributed by atoms with Gasteiger partial charge in [0.15, 0.2) is 0 Å². The molecular weight excluding hydrogens is 240 g/mol. The van der Waals surface area contributed by atoms with E-state index in [9.17, 15) is 0 Å². The Labute approximate surface area is 95.7 Å². The summed E-state index contributed by atoms with van der Waals surface area (Å²) in [5, 5.41) is 1.20. The molecule has 0 aromatic carbocycles. The molecular formula is C12H21BrO. The molecule has 1 atom stereocenters. The largest absolute Gasteiger partial charge is 0.381 e. The number of hydrogen-bond acceptors (Lipinski definition) is 1. The maximum absolute atomic E-state index is 5.47. The second-order valence-corrected chi connectivity index (χ2v) is 5.69. The lowest BCUT2D eigenvalue weighted by Crippen LogP contribution is -2.29. The number of rotatable bonds is 3. The summed E-state index contributed by atoms with van der Waals surface area (Å²) < 4.78 is 5.47. The molecule has 1 heterocycles. The summed E-state index contributed by atoms with van der Waals surface area (Å²) in [4.78, 5) is 0. The molecule has 0 radical (unpaired) electrons. The second-order valence-electron chi connectivity index (χ2n) is 5.13. The highest BCUT2D eigenvalue weighted by Crippen LogP contribution is 2.44. The number of alkyl halides is 1. The first-order chi connectivity index (χ1) is 6.85. The Hall–Kier alpha value is 0.440. The monoisotopic (exact) mass is 260 g/mol. The van der Waals surface area contributed by atoms with Crippen LogP contribution >= 0.6 is 15.9 Å². The van der Waals surface area contributed by atoms with Crippen LogP contribution in [-0.2, 0) is 4.74 Å². The van der Waals surface area contributed by atoms with E-state index in [4.69, 9.17) is 4.74 Å². The number of ether oxygens (including phenoxy) is 1. The van der Waals surface area contributed by atoms with Crippen LogP contribution in [0.2, 0.25) is 0 Å². The molecule has 2 heteroatoms. The van der Waals surface area contributed by atoms with Crippen molar-refractivity contribution in [2.75, 3.05) is 18.5 Å². The van der Waals surface area contributed by atoms with Gasteiger partial charge in [-0.1, -0.05) is 35.2 Å². The highest BCUT2D eigenvalue weighted by molar-refractivity contribution is 9.09. The van der Waals surface area contributed by atoms with E-state index in [1.54, 1.807) is 0 Å². The Balaban J connectivity index is 1.89. The normalized spacial score (nSPS) is 31.9. The number of halogens is 1. The lowest BCUT2D eigenvalue weighted by Gasteiger charge is -2.37. The highest BCUT2D eigenvalue weighted by Gasteiger charge is 2.34. The van der Waals surface area contributed by atoms with Gasteiger partial charge in [0, 0.05) is 18.5 Å². The lowest BCUT2D eigenvalue weighted by atomic mass is 9.70. The van der Waals surface area contributed by atoms with Crippen molar-refractivity contribution in [2.24, 2.45) is 11.3 Å². The van der Waals surface area contributed by atoms with Gasteiger partial charge in [-0.15, -0.1) is 0 Å². The molecule has 82 valence electrons. The van der Waals surface area contributed by atoms with Gasteiger partial charge in [-0.05, 0) is 37.0 Å². The molecule has 0 aromatic rings. The van der Waals surface area contributed by atoms with Gasteiger partial charge >= 0.3 is 0 Å². The minimum atomic E-state index is 0.622. The van der Waals surface area contributed by atoms with Crippen LogP contribution in [-0.4, -0.2) is 18.5 Å². The van der Waals surface area contributed by atoms with Crippen LogP contribution in [0.3, 0.4) is 0 Å². The van der Waals surface area contributed by atoms with Crippen molar-refractivity contribution in [1.82, 2.24) is 0 Å². The van der Waals surface area contributed by atoms with E-state index in [1.807, 2.05) is 0 Å². The second kappa shape index (κ2) is 4.98. The fraction of sp³-hybridized carbons (Fsp3) is 1.00. The van der Waals surface area contributed by atoms with Gasteiger partial charge in [0.2, 0.25) is 0 Å². The molecule has 1 saturated carbocycles. The van der Waals surface area contributed by atoms with E-state index < -0.39 is 0 Å². The van der Waals surface area contributed by atoms with Crippen LogP contribution in [0.1, 0.15) is 44.9 Å². The summed E-state index contributed by atoms with van der Waals surface area (Å²) in [7, 11) is 0. The first-order valence-corrected chi connectivity index (χ1v) is 7.11. The van der Waals surface area contributed by atoms with Gasteiger partial charge < -0.3 is 4.74 Å². The molecule has 1 nitrogen and oxygen atoms in total. The Morgan fingerprint density at radius 2 is 2.00 bits per heavy atom. The molecule has 0 N–H and O–H groups in total. The molecule has 2 fully saturated rings. The van der Waals surface area contributed by atoms with Crippen molar-refractivity contribution >= 4 is 15.9 Å². The van der Waals surface area contributed by atoms with Gasteiger partial charge in [0.05, 0.1) is 0 Å². The van der Waals surface area contributed by atoms with Crippen LogP contribution < -0.4 is 0 Å². The van der Waals surface area contributed by atoms with Crippen molar-refractivity contribution in [2.45, 2.75) is 44.9 Å². The Morgan fingerprint density at radius 3 is 2.57 bits per heavy atom. The first kappa shape index (κ1) is 10.9. The van der Waals surface area contributed by atoms with Gasteiger partial charge in [0.1, 0.15) is 0 Å². The molecule has 1 aliphatic heterocycles. The van der Waals surface area contributed by atoms with E-state index in [2.05, 4.69) is 15.9 Å². The van der Waals surface area contributed by atoms with Gasteiger partial charge in [-0.2, -0.15) is 0 Å². The van der Waals surface area contributed by atoms with Crippen LogP contribution in [0.4, 0.5) is 0 Å². The molecule has 1 saturated heterocycles. The molecule has 2 aliphatic rings. The third kappa shape index (κ3) is 2.52. The van der Waals surface area contributed by atoms with Crippen LogP contribution in [0.15, 0.2) is 0 Å². The average molecular weight is 261 g/mol. The summed E-state index contributed by atoms with van der Waals surface area (Å²) >= 11 is 3.73. The predicted molar refractivity (Wildman–Crippen MR) is 62.9 cm³/mol. The summed E-state index contributed by atoms with van der Waals surface area (Å²) in [5.74, 6) is 0.852. The summed E-state index contributed by atoms with van der Waals surface area (Å²) in [6.45, 7) is 2.03. The van der Waals surface area contributed by atoms with E-state index in [0.29, 0.717) is 5.41 Å². The molecule has 14 heavy (non-hydrogen) atoms. The quantitative estimate of drug-likeness (QED) is 0.703. The van der Waals surface area contributed by atoms with Crippen LogP contribution in [0.5, 0.6) is 0 Å². The fourth-order valence-corrected chi connectivity index (χ4v) is 3.84. The maximum atomic E-state index is 5.47. The fourth-order valence-electron chi connectivity index (χ4n) is 3.05. The summed E-state index contributed by atoms with van der Waals surface area (Å²) in [5.41, 5.74) is 0.622. The zero-order chi connectivity index (χ0) is 9.86. The molecule has 0 bridgehead atoms. The Morgan fingerprint density at radius 1 is 1.21 bits per heavy atom. The smallest absolute Gasteiger partial charge is 0.0495 e. The van der Waals surface area contributed by atoms with Crippen molar-refractivity contribution < 1.29 is 4.74 Å². The van der Waals surface area contributed by atoms with Crippen molar-refractivity contribution in [3.8, 4) is 0 Å². The molecule has 0 aromatic heterocycles. The van der Waals surface area contributed by atoms with Crippen LogP contribution in [0, 0.1) is 11.3 Å². The standard InChI is InChI=1S/C12H21BrO/c13-10-12(5-2-1-3-6-12)8-11-4-7-14-9-11/h11H,1-10H2. The van der Waals surface area contributed by atoms with Crippen molar-refractivity contribution in [1.29, 1.82) is 0 Å². The Bertz CT molecular complexity index is 169. The van der Waals surface area contributed by atoms with E-state index in [-0.39, 0.29) is 0 Å². The lowest BCUT2D eigenvalue weighted by molar-refractivity contribution is 0.144. The third-order valence-electron chi connectivity index (χ3n) is 3.94. The van der Waals surface area contributed by atoms with E-state index in [1.165, 1.54) is 50.3 Å². The number of hydrogen-bond donors (Lipinski definition) is 0. The topological polar surface area (TPSA) is 9.23 Å². The van der Waals surface area contributed by atoms with E-state index >= 15 is 0 Å². The molecule has 0 spiro atoms. The summed E-state index contributed by atoms with van der Waals surface area (Å²) in [6.07, 6.45) is 9.92. The van der Waals surface area contributed by atoms with Crippen molar-refractivity contribution in [3.63, 3.8) is 0 Å².